The van der Waals surface area contributed by atoms with E-state index in [-0.39, 0.29) is 115 Å². The van der Waals surface area contributed by atoms with Crippen LogP contribution >= 0.6 is 12.6 Å². The van der Waals surface area contributed by atoms with Gasteiger partial charge >= 0.3 is 11.9 Å². The molecule has 8 N–H and O–H groups in total. The largest absolute Gasteiger partial charge is 0.481 e. The number of ether oxygens (including phenoxy) is 4. The van der Waals surface area contributed by atoms with Crippen molar-refractivity contribution in [3.05, 3.63) is 0 Å². The molecule has 330 valence electrons. The van der Waals surface area contributed by atoms with Crippen LogP contribution in [0.15, 0.2) is 0 Å². The van der Waals surface area contributed by atoms with Crippen LogP contribution in [0.25, 0.3) is 0 Å². The van der Waals surface area contributed by atoms with E-state index in [1.54, 1.807) is 0 Å². The number of nitrogens with one attached hydrogen (secondary N) is 4. The number of aliphatic carboxylic acids is 2. The molecule has 5 amide bonds. The summed E-state index contributed by atoms with van der Waals surface area (Å²) >= 11 is 3.93. The molecule has 0 radical (unpaired) electrons. The highest BCUT2D eigenvalue weighted by molar-refractivity contribution is 7.80. The lowest BCUT2D eigenvalue weighted by molar-refractivity contribution is -0.142. The molecule has 0 aromatic rings. The number of amides is 5. The minimum atomic E-state index is -1.19. The van der Waals surface area contributed by atoms with E-state index in [1.807, 2.05) is 0 Å². The SMILES string of the molecule is NC(=O)C(CS)NC(=O)COCCOCCNC(=O)COCCOCCNC(=O)CCC(NC(=O)CCCCCCCCCCCCCCCCC(=O)O)C(=O)O. The second kappa shape index (κ2) is 38.0. The summed E-state index contributed by atoms with van der Waals surface area (Å²) in [5.74, 6) is -4.06. The third-order valence-electron chi connectivity index (χ3n) is 8.55. The number of unbranched alkanes of at least 4 members (excludes halogenated alkanes) is 13. The molecular weight excluding hydrogens is 767 g/mol. The van der Waals surface area contributed by atoms with Gasteiger partial charge in [0.15, 0.2) is 0 Å². The number of hydrogen-bond donors (Lipinski definition) is 8. The number of thiol groups is 1. The Morgan fingerprint density at radius 2 is 0.912 bits per heavy atom. The van der Waals surface area contributed by atoms with Gasteiger partial charge in [0.2, 0.25) is 29.5 Å². The summed E-state index contributed by atoms with van der Waals surface area (Å²) in [5, 5.41) is 28.3. The summed E-state index contributed by atoms with van der Waals surface area (Å²) in [7, 11) is 0. The molecule has 57 heavy (non-hydrogen) atoms. The Labute approximate surface area is 342 Å². The molecule has 0 fully saturated rings. The van der Waals surface area contributed by atoms with Crippen molar-refractivity contribution in [1.29, 1.82) is 0 Å². The Morgan fingerprint density at radius 1 is 0.491 bits per heavy atom. The summed E-state index contributed by atoms with van der Waals surface area (Å²) in [6.45, 7) is 1.08. The molecule has 19 heteroatoms. The molecule has 0 aliphatic heterocycles. The fourth-order valence-electron chi connectivity index (χ4n) is 5.36. The minimum absolute atomic E-state index is 0.0323. The van der Waals surface area contributed by atoms with Crippen LogP contribution in [0.4, 0.5) is 0 Å². The first-order valence-corrected chi connectivity index (χ1v) is 20.9. The van der Waals surface area contributed by atoms with Crippen LogP contribution in [0.5, 0.6) is 0 Å². The number of rotatable bonds is 41. The van der Waals surface area contributed by atoms with Crippen molar-refractivity contribution in [2.45, 2.75) is 128 Å². The van der Waals surface area contributed by atoms with Gasteiger partial charge in [-0.1, -0.05) is 77.0 Å². The monoisotopic (exact) mass is 835 g/mol. The molecule has 2 atom stereocenters. The molecule has 0 rings (SSSR count). The zero-order chi connectivity index (χ0) is 42.4. The first-order chi connectivity index (χ1) is 27.5. The minimum Gasteiger partial charge on any atom is -0.481 e. The number of nitrogens with two attached hydrogens (primary N) is 1. The number of carboxylic acids is 2. The maximum absolute atomic E-state index is 12.3. The summed E-state index contributed by atoms with van der Waals surface area (Å²) in [6, 6.07) is -2.02. The Kier molecular flexibility index (Phi) is 35.7. The number of carboxylic acid groups (broad SMARTS) is 2. The first-order valence-electron chi connectivity index (χ1n) is 20.2. The Bertz CT molecular complexity index is 1130. The van der Waals surface area contributed by atoms with Crippen molar-refractivity contribution < 1.29 is 62.7 Å². The molecule has 0 aliphatic rings. The van der Waals surface area contributed by atoms with Crippen molar-refractivity contribution in [1.82, 2.24) is 21.3 Å². The predicted molar refractivity (Wildman–Crippen MR) is 215 cm³/mol. The lowest BCUT2D eigenvalue weighted by Gasteiger charge is -2.14. The quantitative estimate of drug-likeness (QED) is 0.0323. The third kappa shape index (κ3) is 36.6. The topological polar surface area (TPSA) is 271 Å². The molecule has 0 aromatic heterocycles. The molecule has 18 nitrogen and oxygen atoms in total. The molecule has 0 saturated heterocycles. The molecule has 0 bridgehead atoms. The van der Waals surface area contributed by atoms with Crippen LogP contribution in [-0.2, 0) is 52.5 Å². The van der Waals surface area contributed by atoms with E-state index in [9.17, 15) is 38.7 Å². The number of primary amides is 1. The maximum Gasteiger partial charge on any atom is 0.326 e. The van der Waals surface area contributed by atoms with Gasteiger partial charge in [0.05, 0.1) is 39.6 Å². The van der Waals surface area contributed by atoms with E-state index in [0.29, 0.717) is 6.42 Å². The normalized spacial score (nSPS) is 12.0. The van der Waals surface area contributed by atoms with Crippen LogP contribution in [0, 0.1) is 0 Å². The van der Waals surface area contributed by atoms with Gasteiger partial charge in [-0.15, -0.1) is 0 Å². The van der Waals surface area contributed by atoms with Crippen LogP contribution in [-0.4, -0.2) is 135 Å². The van der Waals surface area contributed by atoms with E-state index >= 15 is 0 Å². The molecule has 2 unspecified atom stereocenters. The average molecular weight is 836 g/mol. The zero-order valence-electron chi connectivity index (χ0n) is 33.6. The van der Waals surface area contributed by atoms with Crippen LogP contribution in [0.3, 0.4) is 0 Å². The Morgan fingerprint density at radius 3 is 1.37 bits per heavy atom. The fraction of sp³-hybridized carbons (Fsp3) is 0.816. The smallest absolute Gasteiger partial charge is 0.326 e. The summed E-state index contributed by atoms with van der Waals surface area (Å²) in [4.78, 5) is 81.2. The zero-order valence-corrected chi connectivity index (χ0v) is 34.5. The molecule has 0 aliphatic carbocycles. The lowest BCUT2D eigenvalue weighted by Crippen LogP contribution is -2.47. The standard InChI is InChI=1S/C38H69N5O13S/c39-37(50)31(29-57)43-35(47)28-56-26-24-54-22-20-41-34(46)27-55-25-23-53-21-19-40-32(44)18-17-30(38(51)52)42-33(45)15-13-11-9-7-5-3-1-2-4-6-8-10-12-14-16-36(48)49/h30-31,57H,1-29H2,(H2,39,50)(H,40,44)(H,41,46)(H,42,45)(H,43,47)(H,48,49)(H,51,52). The first kappa shape index (κ1) is 53.5. The second-order valence-electron chi connectivity index (χ2n) is 13.6. The van der Waals surface area contributed by atoms with Crippen molar-refractivity contribution >= 4 is 54.1 Å². The van der Waals surface area contributed by atoms with Gasteiger partial charge in [0.1, 0.15) is 25.3 Å². The van der Waals surface area contributed by atoms with Crippen LogP contribution in [0.1, 0.15) is 116 Å². The van der Waals surface area contributed by atoms with Crippen LogP contribution in [0.2, 0.25) is 0 Å². The van der Waals surface area contributed by atoms with Gasteiger partial charge in [-0.05, 0) is 19.3 Å². The van der Waals surface area contributed by atoms with Crippen molar-refractivity contribution in [2.24, 2.45) is 5.73 Å². The lowest BCUT2D eigenvalue weighted by atomic mass is 10.0. The van der Waals surface area contributed by atoms with Crippen molar-refractivity contribution in [3.63, 3.8) is 0 Å². The van der Waals surface area contributed by atoms with Crippen molar-refractivity contribution in [3.8, 4) is 0 Å². The number of carbonyl (C=O) groups excluding carboxylic acids is 5. The highest BCUT2D eigenvalue weighted by Crippen LogP contribution is 2.14. The van der Waals surface area contributed by atoms with Gasteiger partial charge in [0.25, 0.3) is 0 Å². The summed E-state index contributed by atoms with van der Waals surface area (Å²) < 4.78 is 21.1. The Balaban J connectivity index is 3.69. The number of hydrogen-bond acceptors (Lipinski definition) is 12. The van der Waals surface area contributed by atoms with Gasteiger partial charge in [-0.3, -0.25) is 28.8 Å². The maximum atomic E-state index is 12.3. The molecule has 0 saturated carbocycles. The predicted octanol–water partition coefficient (Wildman–Crippen LogP) is 1.86. The highest BCUT2D eigenvalue weighted by atomic mass is 32.1. The van der Waals surface area contributed by atoms with E-state index in [2.05, 4.69) is 33.9 Å². The summed E-state index contributed by atoms with van der Waals surface area (Å²) in [5.41, 5.74) is 5.12. The van der Waals surface area contributed by atoms with Gasteiger partial charge in [0, 0.05) is 38.1 Å². The number of carbonyl (C=O) groups is 7. The van der Waals surface area contributed by atoms with E-state index < -0.39 is 35.8 Å². The van der Waals surface area contributed by atoms with Gasteiger partial charge in [-0.25, -0.2) is 4.79 Å². The van der Waals surface area contributed by atoms with E-state index in [4.69, 9.17) is 29.8 Å². The van der Waals surface area contributed by atoms with Crippen LogP contribution < -0.4 is 27.0 Å². The molecular formula is C38H69N5O13S. The highest BCUT2D eigenvalue weighted by Gasteiger charge is 2.21. The third-order valence-corrected chi connectivity index (χ3v) is 8.91. The van der Waals surface area contributed by atoms with Gasteiger partial charge in [-0.2, -0.15) is 12.6 Å². The van der Waals surface area contributed by atoms with E-state index in [1.165, 1.54) is 38.5 Å². The molecule has 0 aromatic carbocycles. The second-order valence-corrected chi connectivity index (χ2v) is 13.9. The average Bonchev–Trinajstić information content (AvgIpc) is 3.16. The fourth-order valence-corrected chi connectivity index (χ4v) is 5.63. The molecule has 0 spiro atoms. The van der Waals surface area contributed by atoms with E-state index in [0.717, 1.165) is 44.9 Å². The Hall–Kier alpha value is -3.52. The molecule has 0 heterocycles. The van der Waals surface area contributed by atoms with Gasteiger partial charge < -0.3 is 56.2 Å². The summed E-state index contributed by atoms with van der Waals surface area (Å²) in [6.07, 6.45) is 15.4. The van der Waals surface area contributed by atoms with Crippen molar-refractivity contribution in [2.75, 3.05) is 71.7 Å².